The van der Waals surface area contributed by atoms with Crippen LogP contribution >= 0.6 is 0 Å². The van der Waals surface area contributed by atoms with E-state index < -0.39 is 12.2 Å². The highest BCUT2D eigenvalue weighted by molar-refractivity contribution is 5.44. The van der Waals surface area contributed by atoms with Crippen LogP contribution in [-0.4, -0.2) is 47.5 Å². The van der Waals surface area contributed by atoms with E-state index in [-0.39, 0.29) is 5.60 Å². The Morgan fingerprint density at radius 3 is 2.59 bits per heavy atom. The van der Waals surface area contributed by atoms with Gasteiger partial charge in [0.25, 0.3) is 0 Å². The number of benzene rings is 2. The van der Waals surface area contributed by atoms with Crippen LogP contribution in [0.4, 0.5) is 0 Å². The van der Waals surface area contributed by atoms with E-state index in [1.54, 1.807) is 7.11 Å². The summed E-state index contributed by atoms with van der Waals surface area (Å²) in [4.78, 5) is 2.29. The Hall–Kier alpha value is -2.08. The number of aryl methyl sites for hydroxylation is 2. The quantitative estimate of drug-likeness (QED) is 0.824. The van der Waals surface area contributed by atoms with Gasteiger partial charge in [-0.3, -0.25) is 0 Å². The zero-order valence-electron chi connectivity index (χ0n) is 17.5. The van der Waals surface area contributed by atoms with Crippen LogP contribution in [0.15, 0.2) is 36.4 Å². The van der Waals surface area contributed by atoms with E-state index in [9.17, 15) is 10.2 Å². The fourth-order valence-electron chi connectivity index (χ4n) is 4.51. The van der Waals surface area contributed by atoms with Crippen molar-refractivity contribution >= 4 is 0 Å². The first-order valence-corrected chi connectivity index (χ1v) is 10.4. The van der Waals surface area contributed by atoms with Gasteiger partial charge in [0.2, 0.25) is 0 Å². The van der Waals surface area contributed by atoms with Crippen molar-refractivity contribution in [3.63, 3.8) is 0 Å². The van der Waals surface area contributed by atoms with E-state index in [1.165, 1.54) is 11.1 Å². The Morgan fingerprint density at radius 1 is 1.14 bits per heavy atom. The number of β-amino-alcohol motifs (C(OH)–C–C–N with tert-alkyl or cyclic N) is 1. The number of rotatable bonds is 4. The molecule has 5 heteroatoms. The second-order valence-electron chi connectivity index (χ2n) is 8.57. The number of methoxy groups -OCH3 is 1. The van der Waals surface area contributed by atoms with Crippen LogP contribution in [0.25, 0.3) is 0 Å². The summed E-state index contributed by atoms with van der Waals surface area (Å²) in [7, 11) is 1.64. The largest absolute Gasteiger partial charge is 0.497 e. The molecule has 2 heterocycles. The molecule has 0 bridgehead atoms. The predicted molar refractivity (Wildman–Crippen MR) is 112 cm³/mol. The minimum Gasteiger partial charge on any atom is -0.497 e. The van der Waals surface area contributed by atoms with Crippen LogP contribution in [-0.2, 0) is 0 Å². The van der Waals surface area contributed by atoms with E-state index in [4.69, 9.17) is 9.47 Å². The first-order valence-electron chi connectivity index (χ1n) is 10.4. The summed E-state index contributed by atoms with van der Waals surface area (Å²) in [5.74, 6) is 1.47. The van der Waals surface area contributed by atoms with Crippen molar-refractivity contribution in [2.24, 2.45) is 0 Å². The van der Waals surface area contributed by atoms with Crippen molar-refractivity contribution in [3.8, 4) is 11.5 Å². The lowest BCUT2D eigenvalue weighted by molar-refractivity contribution is -0.0588. The standard InChI is InChI=1S/C24H31NO4/c1-16-4-5-18(12-17(16)2)22(27)15-25-10-8-24(9-11-25)14-21(26)20-7-6-19(28-3)13-23(20)29-24/h4-7,12-13,21-22,26-27H,8-11,14-15H2,1-3H3/t21-,22-/m0/s1. The van der Waals surface area contributed by atoms with E-state index in [0.29, 0.717) is 13.0 Å². The van der Waals surface area contributed by atoms with Gasteiger partial charge in [0, 0.05) is 37.7 Å². The van der Waals surface area contributed by atoms with Gasteiger partial charge in [-0.25, -0.2) is 0 Å². The molecule has 0 radical (unpaired) electrons. The van der Waals surface area contributed by atoms with Gasteiger partial charge in [-0.05, 0) is 55.5 Å². The number of likely N-dealkylation sites (tertiary alicyclic amines) is 1. The minimum absolute atomic E-state index is 0.347. The number of aliphatic hydroxyl groups is 2. The van der Waals surface area contributed by atoms with E-state index in [1.807, 2.05) is 24.3 Å². The second kappa shape index (κ2) is 7.98. The van der Waals surface area contributed by atoms with Gasteiger partial charge < -0.3 is 24.6 Å². The number of hydrogen-bond donors (Lipinski definition) is 2. The lowest BCUT2D eigenvalue weighted by atomic mass is 9.81. The molecule has 1 fully saturated rings. The Morgan fingerprint density at radius 2 is 1.90 bits per heavy atom. The van der Waals surface area contributed by atoms with Gasteiger partial charge in [0.1, 0.15) is 17.1 Å². The third-order valence-electron chi connectivity index (χ3n) is 6.59. The van der Waals surface area contributed by atoms with Crippen LogP contribution in [0.5, 0.6) is 11.5 Å². The summed E-state index contributed by atoms with van der Waals surface area (Å²) < 4.78 is 11.7. The van der Waals surface area contributed by atoms with E-state index in [2.05, 4.69) is 30.9 Å². The molecule has 0 aliphatic carbocycles. The number of nitrogens with zero attached hydrogens (tertiary/aromatic N) is 1. The topological polar surface area (TPSA) is 62.2 Å². The van der Waals surface area contributed by atoms with Gasteiger partial charge in [0.15, 0.2) is 0 Å². The first-order chi connectivity index (χ1) is 13.9. The fraction of sp³-hybridized carbons (Fsp3) is 0.500. The molecule has 1 saturated heterocycles. The molecule has 0 aromatic heterocycles. The highest BCUT2D eigenvalue weighted by Gasteiger charge is 2.43. The zero-order valence-corrected chi connectivity index (χ0v) is 17.5. The van der Waals surface area contributed by atoms with Crippen molar-refractivity contribution in [1.29, 1.82) is 0 Å². The molecule has 2 aliphatic heterocycles. The highest BCUT2D eigenvalue weighted by Crippen LogP contribution is 2.45. The summed E-state index contributed by atoms with van der Waals surface area (Å²) >= 11 is 0. The molecule has 4 rings (SSSR count). The average molecular weight is 398 g/mol. The lowest BCUT2D eigenvalue weighted by Crippen LogP contribution is -2.51. The van der Waals surface area contributed by atoms with Crippen LogP contribution in [0.2, 0.25) is 0 Å². The van der Waals surface area contributed by atoms with Gasteiger partial charge in [-0.1, -0.05) is 18.2 Å². The van der Waals surface area contributed by atoms with Gasteiger partial charge in [0.05, 0.1) is 19.3 Å². The van der Waals surface area contributed by atoms with Crippen molar-refractivity contribution in [2.75, 3.05) is 26.7 Å². The predicted octanol–water partition coefficient (Wildman–Crippen LogP) is 3.70. The summed E-state index contributed by atoms with van der Waals surface area (Å²) in [5.41, 5.74) is 3.91. The molecule has 156 valence electrons. The normalized spacial score (nSPS) is 22.0. The zero-order chi connectivity index (χ0) is 20.6. The highest BCUT2D eigenvalue weighted by atomic mass is 16.5. The second-order valence-corrected chi connectivity index (χ2v) is 8.57. The average Bonchev–Trinajstić information content (AvgIpc) is 2.71. The molecular weight excluding hydrogens is 366 g/mol. The Labute approximate surface area is 172 Å². The number of hydrogen-bond acceptors (Lipinski definition) is 5. The third-order valence-corrected chi connectivity index (χ3v) is 6.59. The smallest absolute Gasteiger partial charge is 0.129 e. The molecule has 5 nitrogen and oxygen atoms in total. The molecule has 1 spiro atoms. The van der Waals surface area contributed by atoms with Crippen LogP contribution in [0, 0.1) is 13.8 Å². The molecule has 2 aliphatic rings. The molecule has 2 atom stereocenters. The number of piperidine rings is 1. The van der Waals surface area contributed by atoms with Gasteiger partial charge in [-0.15, -0.1) is 0 Å². The van der Waals surface area contributed by atoms with Crippen molar-refractivity contribution in [3.05, 3.63) is 58.7 Å². The maximum absolute atomic E-state index is 10.7. The van der Waals surface area contributed by atoms with E-state index in [0.717, 1.165) is 48.6 Å². The number of fused-ring (bicyclic) bond motifs is 1. The molecule has 0 amide bonds. The Bertz CT molecular complexity index is 873. The van der Waals surface area contributed by atoms with Crippen LogP contribution < -0.4 is 9.47 Å². The monoisotopic (exact) mass is 397 g/mol. The molecule has 0 unspecified atom stereocenters. The fourth-order valence-corrected chi connectivity index (χ4v) is 4.51. The van der Waals surface area contributed by atoms with E-state index >= 15 is 0 Å². The maximum Gasteiger partial charge on any atom is 0.129 e. The minimum atomic E-state index is -0.516. The third kappa shape index (κ3) is 4.13. The maximum atomic E-state index is 10.7. The number of aliphatic hydroxyl groups excluding tert-OH is 2. The van der Waals surface area contributed by atoms with Crippen molar-refractivity contribution in [2.45, 2.75) is 50.9 Å². The lowest BCUT2D eigenvalue weighted by Gasteiger charge is -2.46. The Balaban J connectivity index is 1.40. The molecule has 2 aromatic rings. The van der Waals surface area contributed by atoms with Crippen molar-refractivity contribution in [1.82, 2.24) is 4.90 Å². The molecule has 0 saturated carbocycles. The summed E-state index contributed by atoms with van der Waals surface area (Å²) in [6.07, 6.45) is 1.27. The van der Waals surface area contributed by atoms with Crippen molar-refractivity contribution < 1.29 is 19.7 Å². The summed E-state index contributed by atoms with van der Waals surface area (Å²) in [5, 5.41) is 21.4. The SMILES string of the molecule is COc1ccc2c(c1)OC1(CCN(C[C@H](O)c3ccc(C)c(C)c3)CC1)C[C@@H]2O. The summed E-state index contributed by atoms with van der Waals surface area (Å²) in [6.45, 7) is 6.46. The first kappa shape index (κ1) is 20.2. The molecular formula is C24H31NO4. The summed E-state index contributed by atoms with van der Waals surface area (Å²) in [6, 6.07) is 11.8. The Kier molecular flexibility index (Phi) is 5.56. The number of ether oxygens (including phenoxy) is 2. The van der Waals surface area contributed by atoms with Crippen LogP contribution in [0.1, 0.15) is 53.7 Å². The molecule has 2 aromatic carbocycles. The van der Waals surface area contributed by atoms with Gasteiger partial charge in [-0.2, -0.15) is 0 Å². The van der Waals surface area contributed by atoms with Crippen LogP contribution in [0.3, 0.4) is 0 Å². The molecule has 2 N–H and O–H groups in total. The molecule has 29 heavy (non-hydrogen) atoms. The van der Waals surface area contributed by atoms with Gasteiger partial charge >= 0.3 is 0 Å².